The molecular formula is C19H22O3. The second-order valence-corrected chi connectivity index (χ2v) is 5.46. The molecule has 0 atom stereocenters. The molecule has 2 aromatic rings. The van der Waals surface area contributed by atoms with Gasteiger partial charge in [-0.1, -0.05) is 11.6 Å². The number of ketones is 1. The van der Waals surface area contributed by atoms with Crippen molar-refractivity contribution < 1.29 is 14.3 Å². The van der Waals surface area contributed by atoms with Crippen LogP contribution in [-0.2, 0) is 11.2 Å². The topological polar surface area (TPSA) is 35.5 Å². The molecule has 0 bridgehead atoms. The number of benzene rings is 2. The first-order chi connectivity index (χ1) is 10.5. The smallest absolute Gasteiger partial charge is 0.193 e. The van der Waals surface area contributed by atoms with Gasteiger partial charge in [0.2, 0.25) is 0 Å². The molecule has 0 fully saturated rings. The highest BCUT2D eigenvalue weighted by atomic mass is 16.5. The van der Waals surface area contributed by atoms with Crippen molar-refractivity contribution in [2.75, 3.05) is 20.8 Å². The maximum atomic E-state index is 12.7. The average Bonchev–Trinajstić information content (AvgIpc) is 2.51. The number of hydrogen-bond acceptors (Lipinski definition) is 3. The van der Waals surface area contributed by atoms with E-state index in [1.54, 1.807) is 14.2 Å². The summed E-state index contributed by atoms with van der Waals surface area (Å²) in [5.74, 6) is 0.828. The van der Waals surface area contributed by atoms with E-state index < -0.39 is 0 Å². The predicted octanol–water partition coefficient (Wildman–Crippen LogP) is 3.73. The summed E-state index contributed by atoms with van der Waals surface area (Å²) in [7, 11) is 3.31. The van der Waals surface area contributed by atoms with Crippen molar-refractivity contribution in [1.29, 1.82) is 0 Å². The molecule has 3 heteroatoms. The first kappa shape index (κ1) is 16.2. The number of ether oxygens (including phenoxy) is 2. The molecule has 0 aromatic heterocycles. The van der Waals surface area contributed by atoms with E-state index >= 15 is 0 Å². The Morgan fingerprint density at radius 3 is 2.41 bits per heavy atom. The fourth-order valence-electron chi connectivity index (χ4n) is 2.54. The summed E-state index contributed by atoms with van der Waals surface area (Å²) in [5, 5.41) is 0. The zero-order valence-electron chi connectivity index (χ0n) is 13.6. The molecule has 0 aliphatic rings. The van der Waals surface area contributed by atoms with Crippen molar-refractivity contribution in [2.24, 2.45) is 0 Å². The van der Waals surface area contributed by atoms with Crippen molar-refractivity contribution >= 4 is 5.78 Å². The van der Waals surface area contributed by atoms with E-state index in [4.69, 9.17) is 9.47 Å². The summed E-state index contributed by atoms with van der Waals surface area (Å²) in [6.45, 7) is 4.60. The Balaban J connectivity index is 2.32. The standard InChI is InChI=1S/C19H22O3/c1-13-9-15(7-8-21-3)12-17(10-13)19(20)16-5-6-18(22-4)14(2)11-16/h5-6,9-12H,7-8H2,1-4H3. The molecule has 0 N–H and O–H groups in total. The molecule has 0 aliphatic heterocycles. The van der Waals surface area contributed by atoms with Gasteiger partial charge in [-0.3, -0.25) is 4.79 Å². The number of carbonyl (C=O) groups is 1. The Morgan fingerprint density at radius 2 is 1.77 bits per heavy atom. The van der Waals surface area contributed by atoms with Crippen molar-refractivity contribution in [3.05, 3.63) is 64.2 Å². The van der Waals surface area contributed by atoms with E-state index in [0.717, 1.165) is 34.4 Å². The summed E-state index contributed by atoms with van der Waals surface area (Å²) >= 11 is 0. The lowest BCUT2D eigenvalue weighted by molar-refractivity contribution is 0.103. The van der Waals surface area contributed by atoms with Crippen LogP contribution in [0.2, 0.25) is 0 Å². The number of aryl methyl sites for hydroxylation is 2. The molecule has 0 saturated carbocycles. The van der Waals surface area contributed by atoms with Gasteiger partial charge in [-0.15, -0.1) is 0 Å². The van der Waals surface area contributed by atoms with Gasteiger partial charge >= 0.3 is 0 Å². The zero-order chi connectivity index (χ0) is 16.1. The Morgan fingerprint density at radius 1 is 1.00 bits per heavy atom. The largest absolute Gasteiger partial charge is 0.496 e. The van der Waals surface area contributed by atoms with E-state index in [1.807, 2.05) is 44.2 Å². The van der Waals surface area contributed by atoms with Gasteiger partial charge in [-0.05, 0) is 61.7 Å². The van der Waals surface area contributed by atoms with Crippen LogP contribution in [0.5, 0.6) is 5.75 Å². The molecule has 0 aliphatic carbocycles. The monoisotopic (exact) mass is 298 g/mol. The van der Waals surface area contributed by atoms with Crippen LogP contribution in [0, 0.1) is 13.8 Å². The Bertz CT molecular complexity index is 674. The first-order valence-corrected chi connectivity index (χ1v) is 7.34. The number of methoxy groups -OCH3 is 2. The Kier molecular flexibility index (Phi) is 5.34. The molecule has 0 heterocycles. The SMILES string of the molecule is COCCc1cc(C)cc(C(=O)c2ccc(OC)c(C)c2)c1. The van der Waals surface area contributed by atoms with Crippen LogP contribution in [0.15, 0.2) is 36.4 Å². The van der Waals surface area contributed by atoms with Gasteiger partial charge in [-0.2, -0.15) is 0 Å². The van der Waals surface area contributed by atoms with Gasteiger partial charge in [0, 0.05) is 18.2 Å². The highest BCUT2D eigenvalue weighted by Crippen LogP contribution is 2.21. The second kappa shape index (κ2) is 7.23. The molecule has 0 unspecified atom stereocenters. The van der Waals surface area contributed by atoms with Crippen LogP contribution in [0.25, 0.3) is 0 Å². The van der Waals surface area contributed by atoms with E-state index in [1.165, 1.54) is 0 Å². The molecule has 22 heavy (non-hydrogen) atoms. The summed E-state index contributed by atoms with van der Waals surface area (Å²) in [5.41, 5.74) is 4.57. The van der Waals surface area contributed by atoms with Crippen molar-refractivity contribution in [1.82, 2.24) is 0 Å². The third-order valence-electron chi connectivity index (χ3n) is 3.65. The molecule has 0 radical (unpaired) electrons. The third kappa shape index (κ3) is 3.74. The zero-order valence-corrected chi connectivity index (χ0v) is 13.6. The van der Waals surface area contributed by atoms with Crippen LogP contribution in [0.1, 0.15) is 32.6 Å². The van der Waals surface area contributed by atoms with Crippen LogP contribution in [-0.4, -0.2) is 26.6 Å². The molecule has 2 aromatic carbocycles. The quantitative estimate of drug-likeness (QED) is 0.762. The fraction of sp³-hybridized carbons (Fsp3) is 0.316. The lowest BCUT2D eigenvalue weighted by Gasteiger charge is -2.09. The number of rotatable bonds is 6. The fourth-order valence-corrected chi connectivity index (χ4v) is 2.54. The third-order valence-corrected chi connectivity index (χ3v) is 3.65. The second-order valence-electron chi connectivity index (χ2n) is 5.46. The first-order valence-electron chi connectivity index (χ1n) is 7.34. The number of carbonyl (C=O) groups excluding carboxylic acids is 1. The van der Waals surface area contributed by atoms with Crippen LogP contribution < -0.4 is 4.74 Å². The highest BCUT2D eigenvalue weighted by molar-refractivity contribution is 6.09. The van der Waals surface area contributed by atoms with Crippen LogP contribution in [0.3, 0.4) is 0 Å². The van der Waals surface area contributed by atoms with Crippen molar-refractivity contribution in [2.45, 2.75) is 20.3 Å². The van der Waals surface area contributed by atoms with Crippen molar-refractivity contribution in [3.8, 4) is 5.75 Å². The minimum absolute atomic E-state index is 0.0353. The maximum Gasteiger partial charge on any atom is 0.193 e. The molecule has 0 amide bonds. The predicted molar refractivity (Wildman–Crippen MR) is 87.9 cm³/mol. The number of hydrogen-bond donors (Lipinski definition) is 0. The minimum atomic E-state index is 0.0353. The van der Waals surface area contributed by atoms with E-state index in [0.29, 0.717) is 12.2 Å². The van der Waals surface area contributed by atoms with Crippen molar-refractivity contribution in [3.63, 3.8) is 0 Å². The van der Waals surface area contributed by atoms with Gasteiger partial charge in [0.05, 0.1) is 13.7 Å². The molecular weight excluding hydrogens is 276 g/mol. The van der Waals surface area contributed by atoms with Gasteiger partial charge in [0.1, 0.15) is 5.75 Å². The lowest BCUT2D eigenvalue weighted by Crippen LogP contribution is -2.05. The Hall–Kier alpha value is -2.13. The van der Waals surface area contributed by atoms with Crippen LogP contribution >= 0.6 is 0 Å². The maximum absolute atomic E-state index is 12.7. The van der Waals surface area contributed by atoms with Gasteiger partial charge in [0.25, 0.3) is 0 Å². The molecule has 116 valence electrons. The summed E-state index contributed by atoms with van der Waals surface area (Å²) < 4.78 is 10.4. The lowest BCUT2D eigenvalue weighted by atomic mass is 9.97. The van der Waals surface area contributed by atoms with Gasteiger partial charge < -0.3 is 9.47 Å². The van der Waals surface area contributed by atoms with Crippen LogP contribution in [0.4, 0.5) is 0 Å². The molecule has 0 saturated heterocycles. The Labute approximate surface area is 131 Å². The molecule has 0 spiro atoms. The normalized spacial score (nSPS) is 10.5. The summed E-state index contributed by atoms with van der Waals surface area (Å²) in [6, 6.07) is 11.5. The molecule has 3 nitrogen and oxygen atoms in total. The van der Waals surface area contributed by atoms with E-state index in [2.05, 4.69) is 6.07 Å². The highest BCUT2D eigenvalue weighted by Gasteiger charge is 2.12. The van der Waals surface area contributed by atoms with E-state index in [-0.39, 0.29) is 5.78 Å². The average molecular weight is 298 g/mol. The van der Waals surface area contributed by atoms with Gasteiger partial charge in [-0.25, -0.2) is 0 Å². The minimum Gasteiger partial charge on any atom is -0.496 e. The summed E-state index contributed by atoms with van der Waals surface area (Å²) in [4.78, 5) is 12.7. The summed E-state index contributed by atoms with van der Waals surface area (Å²) in [6.07, 6.45) is 0.806. The van der Waals surface area contributed by atoms with Gasteiger partial charge in [0.15, 0.2) is 5.78 Å². The van der Waals surface area contributed by atoms with E-state index in [9.17, 15) is 4.79 Å². The molecule has 2 rings (SSSR count).